The summed E-state index contributed by atoms with van der Waals surface area (Å²) < 4.78 is 38.1. The predicted molar refractivity (Wildman–Crippen MR) is 132 cm³/mol. The molecule has 200 valence electrons. The zero-order chi connectivity index (χ0) is 25.0. The quantitative estimate of drug-likeness (QED) is 0.101. The van der Waals surface area contributed by atoms with Crippen molar-refractivity contribution in [3.05, 3.63) is 0 Å². The molecular formula is C24H50Na2O7P2. The van der Waals surface area contributed by atoms with E-state index in [0.29, 0.717) is 12.8 Å². The summed E-state index contributed by atoms with van der Waals surface area (Å²) in [5.74, 6) is 0. The van der Waals surface area contributed by atoms with Crippen LogP contribution < -0.4 is 68.9 Å². The molecule has 0 aliphatic heterocycles. The smallest absolute Gasteiger partial charge is 0.756 e. The molecule has 0 spiro atoms. The van der Waals surface area contributed by atoms with Crippen LogP contribution in [0.2, 0.25) is 0 Å². The van der Waals surface area contributed by atoms with Gasteiger partial charge < -0.3 is 18.8 Å². The first-order valence-electron chi connectivity index (χ1n) is 13.3. The molecule has 4 atom stereocenters. The van der Waals surface area contributed by atoms with E-state index in [2.05, 4.69) is 18.2 Å². The second-order valence-electron chi connectivity index (χ2n) is 9.34. The third-order valence-electron chi connectivity index (χ3n) is 5.75. The minimum Gasteiger partial charge on any atom is -0.756 e. The van der Waals surface area contributed by atoms with Gasteiger partial charge in [0.05, 0.1) is 12.2 Å². The van der Waals surface area contributed by atoms with E-state index in [1.807, 2.05) is 0 Å². The molecule has 0 heterocycles. The maximum atomic E-state index is 12.0. The summed E-state index contributed by atoms with van der Waals surface area (Å²) in [4.78, 5) is 24.0. The maximum Gasteiger partial charge on any atom is 1.00 e. The average molecular weight is 559 g/mol. The second-order valence-corrected chi connectivity index (χ2v) is 12.2. The van der Waals surface area contributed by atoms with Crippen molar-refractivity contribution in [3.63, 3.8) is 0 Å². The molecule has 0 aromatic rings. The molecule has 0 amide bonds. The van der Waals surface area contributed by atoms with Crippen LogP contribution in [0.25, 0.3) is 0 Å². The number of unbranched alkanes of at least 4 members (excludes halogenated alkanes) is 14. The first-order valence-corrected chi connectivity index (χ1v) is 16.2. The van der Waals surface area contributed by atoms with Crippen LogP contribution in [0.1, 0.15) is 143 Å². The van der Waals surface area contributed by atoms with Gasteiger partial charge in [0.2, 0.25) is 0 Å². The molecule has 11 heteroatoms. The van der Waals surface area contributed by atoms with Crippen LogP contribution in [-0.4, -0.2) is 12.2 Å². The average Bonchev–Trinajstić information content (AvgIpc) is 2.70. The molecular weight excluding hydrogens is 508 g/mol. The van der Waals surface area contributed by atoms with Crippen molar-refractivity contribution < 1.29 is 91.4 Å². The number of hydrogen-bond acceptors (Lipinski definition) is 7. The molecule has 0 saturated heterocycles. The second kappa shape index (κ2) is 26.5. The monoisotopic (exact) mass is 558 g/mol. The van der Waals surface area contributed by atoms with Gasteiger partial charge in [-0.15, -0.1) is 0 Å². The minimum atomic E-state index is -5.00. The topological polar surface area (TPSA) is 108 Å². The normalized spacial score (nSPS) is 16.4. The van der Waals surface area contributed by atoms with E-state index in [0.717, 1.165) is 38.5 Å². The fourth-order valence-corrected chi connectivity index (χ4v) is 6.22. The molecule has 0 N–H and O–H groups in total. The Morgan fingerprint density at radius 2 is 0.800 bits per heavy atom. The summed E-state index contributed by atoms with van der Waals surface area (Å²) in [6, 6.07) is 0. The molecule has 0 aliphatic carbocycles. The van der Waals surface area contributed by atoms with Crippen LogP contribution in [0.3, 0.4) is 0 Å². The maximum absolute atomic E-state index is 12.0. The summed E-state index contributed by atoms with van der Waals surface area (Å²) in [7, 11) is -10.0. The van der Waals surface area contributed by atoms with Gasteiger partial charge >= 0.3 is 59.1 Å². The van der Waals surface area contributed by atoms with Crippen molar-refractivity contribution in [3.8, 4) is 0 Å². The van der Waals surface area contributed by atoms with E-state index >= 15 is 0 Å². The van der Waals surface area contributed by atoms with E-state index < -0.39 is 27.9 Å². The third kappa shape index (κ3) is 29.1. The van der Waals surface area contributed by atoms with Gasteiger partial charge in [-0.05, 0) is 26.7 Å². The Morgan fingerprint density at radius 3 is 1.09 bits per heavy atom. The number of hydrogen-bond donors (Lipinski definition) is 0. The van der Waals surface area contributed by atoms with E-state index in [1.54, 1.807) is 13.8 Å². The van der Waals surface area contributed by atoms with Gasteiger partial charge in [-0.2, -0.15) is 0 Å². The molecule has 0 saturated carbocycles. The molecule has 7 nitrogen and oxygen atoms in total. The molecule has 0 rings (SSSR count). The van der Waals surface area contributed by atoms with Crippen molar-refractivity contribution >= 4 is 15.6 Å². The zero-order valence-electron chi connectivity index (χ0n) is 23.6. The predicted octanol–water partition coefficient (Wildman–Crippen LogP) is 1.82. The van der Waals surface area contributed by atoms with Gasteiger partial charge in [-0.3, -0.25) is 9.13 Å². The van der Waals surface area contributed by atoms with Gasteiger partial charge in [0.25, 0.3) is 15.6 Å². The molecule has 0 aromatic heterocycles. The summed E-state index contributed by atoms with van der Waals surface area (Å²) in [6.45, 7) is 7.60. The van der Waals surface area contributed by atoms with Crippen LogP contribution in [-0.2, 0) is 22.5 Å². The van der Waals surface area contributed by atoms with Crippen molar-refractivity contribution in [1.82, 2.24) is 0 Å². The van der Waals surface area contributed by atoms with Crippen LogP contribution in [0.4, 0.5) is 0 Å². The van der Waals surface area contributed by atoms with Crippen LogP contribution in [0.15, 0.2) is 0 Å². The fraction of sp³-hybridized carbons (Fsp3) is 1.00. The van der Waals surface area contributed by atoms with Gasteiger partial charge in [0.15, 0.2) is 0 Å². The Kier molecular flexibility index (Phi) is 31.6. The molecule has 0 bridgehead atoms. The SMILES string of the molecule is CCCCCCCCCCC(C)OP(=O)([O-])OP(=O)([O-])OC(C)CCCCCCCCCC.[Na+].[Na+]. The Labute approximate surface area is 260 Å². The van der Waals surface area contributed by atoms with Gasteiger partial charge in [-0.25, -0.2) is 4.31 Å². The standard InChI is InChI=1S/C24H52O7P2.2Na/c1-5-7-9-11-13-15-17-19-21-23(3)29-32(25,26)31-33(27,28)30-24(4)22-20-18-16-14-12-10-8-6-2;;/h23-24H,5-22H2,1-4H3,(H,25,26)(H,27,28);;/q;2*+1/p-2. The fourth-order valence-electron chi connectivity index (χ4n) is 3.84. The molecule has 35 heavy (non-hydrogen) atoms. The summed E-state index contributed by atoms with van der Waals surface area (Å²) in [6.07, 6.45) is 18.1. The van der Waals surface area contributed by atoms with Crippen molar-refractivity contribution in [2.45, 2.75) is 155 Å². The largest absolute Gasteiger partial charge is 1.00 e. The summed E-state index contributed by atoms with van der Waals surface area (Å²) >= 11 is 0. The molecule has 0 radical (unpaired) electrons. The van der Waals surface area contributed by atoms with Gasteiger partial charge in [0.1, 0.15) is 0 Å². The first kappa shape index (κ1) is 41.7. The van der Waals surface area contributed by atoms with E-state index in [1.165, 1.54) is 64.2 Å². The Bertz CT molecular complexity index is 510. The Balaban J connectivity index is -0.00000512. The molecule has 0 aliphatic rings. The van der Waals surface area contributed by atoms with E-state index in [-0.39, 0.29) is 59.1 Å². The first-order chi connectivity index (χ1) is 15.6. The van der Waals surface area contributed by atoms with Crippen molar-refractivity contribution in [2.24, 2.45) is 0 Å². The number of rotatable bonds is 24. The zero-order valence-corrected chi connectivity index (χ0v) is 29.4. The van der Waals surface area contributed by atoms with Crippen molar-refractivity contribution in [2.75, 3.05) is 0 Å². The number of phosphoric acid groups is 2. The van der Waals surface area contributed by atoms with E-state index in [4.69, 9.17) is 9.05 Å². The Hall–Kier alpha value is 2.26. The van der Waals surface area contributed by atoms with Gasteiger partial charge in [0, 0.05) is 0 Å². The number of phosphoric ester groups is 2. The molecule has 0 aromatic carbocycles. The van der Waals surface area contributed by atoms with Crippen LogP contribution >= 0.6 is 15.6 Å². The molecule has 4 unspecified atom stereocenters. The van der Waals surface area contributed by atoms with E-state index in [9.17, 15) is 18.9 Å². The Morgan fingerprint density at radius 1 is 0.543 bits per heavy atom. The summed E-state index contributed by atoms with van der Waals surface area (Å²) in [5, 5.41) is 0. The van der Waals surface area contributed by atoms with Crippen LogP contribution in [0.5, 0.6) is 0 Å². The third-order valence-corrected chi connectivity index (χ3v) is 8.58. The van der Waals surface area contributed by atoms with Crippen molar-refractivity contribution in [1.29, 1.82) is 0 Å². The van der Waals surface area contributed by atoms with Crippen LogP contribution in [0, 0.1) is 0 Å². The molecule has 0 fully saturated rings. The summed E-state index contributed by atoms with van der Waals surface area (Å²) in [5.41, 5.74) is 0. The minimum absolute atomic E-state index is 0. The van der Waals surface area contributed by atoms with Gasteiger partial charge in [-0.1, -0.05) is 117 Å².